The van der Waals surface area contributed by atoms with Gasteiger partial charge < -0.3 is 10.2 Å². The van der Waals surface area contributed by atoms with E-state index in [-0.39, 0.29) is 23.8 Å². The average Bonchev–Trinajstić information content (AvgIpc) is 2.63. The first-order valence-electron chi connectivity index (χ1n) is 5.59. The molecule has 1 heterocycles. The molecule has 0 saturated carbocycles. The number of nitrogens with zero attached hydrogens (tertiary/aromatic N) is 1. The maximum atomic E-state index is 11.9. The second-order valence-corrected chi connectivity index (χ2v) is 4.29. The number of carbonyl (C=O) groups excluding carboxylic acids is 2. The highest BCUT2D eigenvalue weighted by molar-refractivity contribution is 5.89. The SMILES string of the molecule is CCCC(C)N(C)C(=O)C1CNC(=O)C1. The molecule has 1 aliphatic heterocycles. The summed E-state index contributed by atoms with van der Waals surface area (Å²) in [4.78, 5) is 24.7. The van der Waals surface area contributed by atoms with Crippen LogP contribution in [0.3, 0.4) is 0 Å². The lowest BCUT2D eigenvalue weighted by molar-refractivity contribution is -0.136. The van der Waals surface area contributed by atoms with Crippen LogP contribution in [0.15, 0.2) is 0 Å². The Balaban J connectivity index is 2.48. The van der Waals surface area contributed by atoms with Gasteiger partial charge in [0.15, 0.2) is 0 Å². The second kappa shape index (κ2) is 5.14. The molecule has 2 unspecified atom stereocenters. The van der Waals surface area contributed by atoms with Gasteiger partial charge in [0, 0.05) is 26.1 Å². The molecule has 0 aromatic carbocycles. The van der Waals surface area contributed by atoms with Gasteiger partial charge >= 0.3 is 0 Å². The molecule has 86 valence electrons. The van der Waals surface area contributed by atoms with Crippen molar-refractivity contribution in [1.29, 1.82) is 0 Å². The number of carbonyl (C=O) groups is 2. The van der Waals surface area contributed by atoms with E-state index in [1.165, 1.54) is 0 Å². The highest BCUT2D eigenvalue weighted by Crippen LogP contribution is 2.15. The van der Waals surface area contributed by atoms with Crippen molar-refractivity contribution in [3.8, 4) is 0 Å². The van der Waals surface area contributed by atoms with E-state index in [9.17, 15) is 9.59 Å². The van der Waals surface area contributed by atoms with E-state index in [2.05, 4.69) is 12.2 Å². The van der Waals surface area contributed by atoms with Crippen molar-refractivity contribution in [3.63, 3.8) is 0 Å². The molecule has 1 rings (SSSR count). The predicted octanol–water partition coefficient (Wildman–Crippen LogP) is 0.770. The highest BCUT2D eigenvalue weighted by atomic mass is 16.2. The summed E-state index contributed by atoms with van der Waals surface area (Å²) in [6.07, 6.45) is 2.43. The molecule has 1 aliphatic rings. The van der Waals surface area contributed by atoms with Crippen LogP contribution in [0.2, 0.25) is 0 Å². The minimum atomic E-state index is -0.151. The molecule has 0 bridgehead atoms. The van der Waals surface area contributed by atoms with E-state index in [0.717, 1.165) is 12.8 Å². The Bertz CT molecular complexity index is 253. The third-order valence-corrected chi connectivity index (χ3v) is 3.04. The van der Waals surface area contributed by atoms with E-state index in [1.807, 2.05) is 14.0 Å². The van der Waals surface area contributed by atoms with Crippen LogP contribution in [0.5, 0.6) is 0 Å². The molecular formula is C11H20N2O2. The summed E-state index contributed by atoms with van der Waals surface area (Å²) in [5.74, 6) is -0.0685. The topological polar surface area (TPSA) is 49.4 Å². The highest BCUT2D eigenvalue weighted by Gasteiger charge is 2.31. The number of nitrogens with one attached hydrogen (secondary N) is 1. The van der Waals surface area contributed by atoms with Gasteiger partial charge in [-0.25, -0.2) is 0 Å². The Morgan fingerprint density at radius 2 is 2.33 bits per heavy atom. The third kappa shape index (κ3) is 2.94. The quantitative estimate of drug-likeness (QED) is 0.748. The summed E-state index contributed by atoms with van der Waals surface area (Å²) in [6, 6.07) is 0.262. The van der Waals surface area contributed by atoms with Gasteiger partial charge in [0.1, 0.15) is 0 Å². The summed E-state index contributed by atoms with van der Waals surface area (Å²) in [6.45, 7) is 4.65. The maximum absolute atomic E-state index is 11.9. The molecule has 0 aromatic rings. The van der Waals surface area contributed by atoms with Gasteiger partial charge in [-0.3, -0.25) is 9.59 Å². The molecule has 4 heteroatoms. The number of hydrogen-bond acceptors (Lipinski definition) is 2. The molecule has 0 radical (unpaired) electrons. The zero-order valence-corrected chi connectivity index (χ0v) is 9.75. The van der Waals surface area contributed by atoms with E-state index in [1.54, 1.807) is 4.90 Å². The Morgan fingerprint density at radius 1 is 1.67 bits per heavy atom. The van der Waals surface area contributed by atoms with Gasteiger partial charge in [-0.2, -0.15) is 0 Å². The molecule has 2 amide bonds. The summed E-state index contributed by atoms with van der Waals surface area (Å²) >= 11 is 0. The molecule has 0 spiro atoms. The fourth-order valence-corrected chi connectivity index (χ4v) is 1.90. The lowest BCUT2D eigenvalue weighted by atomic mass is 10.1. The van der Waals surface area contributed by atoms with Gasteiger partial charge in [0.2, 0.25) is 11.8 Å². The normalized spacial score (nSPS) is 22.3. The molecule has 1 saturated heterocycles. The Labute approximate surface area is 91.0 Å². The minimum absolute atomic E-state index is 0.00936. The predicted molar refractivity (Wildman–Crippen MR) is 58.3 cm³/mol. The van der Waals surface area contributed by atoms with Crippen molar-refractivity contribution in [2.45, 2.75) is 39.2 Å². The molecular weight excluding hydrogens is 192 g/mol. The molecule has 0 aliphatic carbocycles. The van der Waals surface area contributed by atoms with Crippen molar-refractivity contribution in [2.75, 3.05) is 13.6 Å². The first-order chi connectivity index (χ1) is 7.06. The standard InChI is InChI=1S/C11H20N2O2/c1-4-5-8(2)13(3)11(15)9-6-10(14)12-7-9/h8-9H,4-7H2,1-3H3,(H,12,14). The second-order valence-electron chi connectivity index (χ2n) is 4.29. The zero-order valence-electron chi connectivity index (χ0n) is 9.75. The Morgan fingerprint density at radius 3 is 2.80 bits per heavy atom. The van der Waals surface area contributed by atoms with E-state index in [0.29, 0.717) is 13.0 Å². The third-order valence-electron chi connectivity index (χ3n) is 3.04. The fraction of sp³-hybridized carbons (Fsp3) is 0.818. The van der Waals surface area contributed by atoms with Crippen LogP contribution in [-0.4, -0.2) is 36.3 Å². The van der Waals surface area contributed by atoms with Crippen LogP contribution in [0, 0.1) is 5.92 Å². The zero-order chi connectivity index (χ0) is 11.4. The van der Waals surface area contributed by atoms with Crippen LogP contribution in [0.4, 0.5) is 0 Å². The summed E-state index contributed by atoms with van der Waals surface area (Å²) in [7, 11) is 1.82. The van der Waals surface area contributed by atoms with Crippen molar-refractivity contribution in [3.05, 3.63) is 0 Å². The molecule has 1 fully saturated rings. The molecule has 4 nitrogen and oxygen atoms in total. The smallest absolute Gasteiger partial charge is 0.227 e. The maximum Gasteiger partial charge on any atom is 0.227 e. The van der Waals surface area contributed by atoms with Gasteiger partial charge in [0.25, 0.3) is 0 Å². The number of amides is 2. The molecule has 15 heavy (non-hydrogen) atoms. The summed E-state index contributed by atoms with van der Waals surface area (Å²) < 4.78 is 0. The van der Waals surface area contributed by atoms with Crippen LogP contribution in [0.25, 0.3) is 0 Å². The van der Waals surface area contributed by atoms with Crippen molar-refractivity contribution in [2.24, 2.45) is 5.92 Å². The van der Waals surface area contributed by atoms with Gasteiger partial charge in [-0.05, 0) is 13.3 Å². The first-order valence-corrected chi connectivity index (χ1v) is 5.59. The average molecular weight is 212 g/mol. The van der Waals surface area contributed by atoms with Crippen molar-refractivity contribution in [1.82, 2.24) is 10.2 Å². The van der Waals surface area contributed by atoms with Crippen molar-refractivity contribution >= 4 is 11.8 Å². The monoisotopic (exact) mass is 212 g/mol. The van der Waals surface area contributed by atoms with E-state index >= 15 is 0 Å². The number of hydrogen-bond donors (Lipinski definition) is 1. The van der Waals surface area contributed by atoms with E-state index in [4.69, 9.17) is 0 Å². The van der Waals surface area contributed by atoms with Crippen LogP contribution >= 0.6 is 0 Å². The summed E-state index contributed by atoms with van der Waals surface area (Å²) in [5, 5.41) is 2.69. The molecule has 2 atom stereocenters. The molecule has 1 N–H and O–H groups in total. The lowest BCUT2D eigenvalue weighted by Crippen LogP contribution is -2.39. The van der Waals surface area contributed by atoms with Crippen LogP contribution in [-0.2, 0) is 9.59 Å². The van der Waals surface area contributed by atoms with Crippen LogP contribution < -0.4 is 5.32 Å². The summed E-state index contributed by atoms with van der Waals surface area (Å²) in [5.41, 5.74) is 0. The Kier molecular flexibility index (Phi) is 4.12. The van der Waals surface area contributed by atoms with Crippen LogP contribution in [0.1, 0.15) is 33.1 Å². The van der Waals surface area contributed by atoms with E-state index < -0.39 is 0 Å². The lowest BCUT2D eigenvalue weighted by Gasteiger charge is -2.26. The molecule has 0 aromatic heterocycles. The Hall–Kier alpha value is -1.06. The minimum Gasteiger partial charge on any atom is -0.355 e. The number of rotatable bonds is 4. The van der Waals surface area contributed by atoms with Gasteiger partial charge in [-0.1, -0.05) is 13.3 Å². The van der Waals surface area contributed by atoms with Crippen molar-refractivity contribution < 1.29 is 9.59 Å². The van der Waals surface area contributed by atoms with Gasteiger partial charge in [0.05, 0.1) is 5.92 Å². The first kappa shape index (κ1) is 12.0. The van der Waals surface area contributed by atoms with Gasteiger partial charge in [-0.15, -0.1) is 0 Å². The fourth-order valence-electron chi connectivity index (χ4n) is 1.90. The largest absolute Gasteiger partial charge is 0.355 e.